The molecule has 1 rings (SSSR count). The predicted octanol–water partition coefficient (Wildman–Crippen LogP) is -0.555. The minimum absolute atomic E-state index is 0.0695. The van der Waals surface area contributed by atoms with Gasteiger partial charge in [-0.2, -0.15) is 0 Å². The van der Waals surface area contributed by atoms with Crippen molar-refractivity contribution in [2.24, 2.45) is 0 Å². The third kappa shape index (κ3) is 5.16. The van der Waals surface area contributed by atoms with Crippen LogP contribution in [0, 0.1) is 0 Å². The molecule has 0 N–H and O–H groups in total. The lowest BCUT2D eigenvalue weighted by Crippen LogP contribution is -2.27. The molecule has 0 aliphatic heterocycles. The minimum atomic E-state index is -0.876. The second-order valence-electron chi connectivity index (χ2n) is 4.63. The number of rotatable bonds is 6. The van der Waals surface area contributed by atoms with Gasteiger partial charge >= 0.3 is 23.9 Å². The van der Waals surface area contributed by atoms with Crippen molar-refractivity contribution in [3.63, 3.8) is 0 Å². The van der Waals surface area contributed by atoms with Gasteiger partial charge in [-0.25, -0.2) is 19.2 Å². The Hall–Kier alpha value is -2.68. The third-order valence-corrected chi connectivity index (χ3v) is 3.47. The molecule has 0 amide bonds. The number of alkyl halides is 1. The number of methoxy groups -OCH3 is 3. The molecule has 0 bridgehead atoms. The second kappa shape index (κ2) is 10.3. The van der Waals surface area contributed by atoms with Crippen molar-refractivity contribution in [3.8, 4) is 0 Å². The lowest BCUT2D eigenvalue weighted by molar-refractivity contribution is -0.142. The van der Waals surface area contributed by atoms with Gasteiger partial charge in [0.1, 0.15) is 6.61 Å². The monoisotopic (exact) mass is 428 g/mol. The molecule has 1 aromatic rings. The first-order chi connectivity index (χ1) is 12.4. The maximum absolute atomic E-state index is 12.1. The van der Waals surface area contributed by atoms with Crippen molar-refractivity contribution in [1.29, 1.82) is 0 Å². The van der Waals surface area contributed by atoms with E-state index in [1.807, 2.05) is 0 Å². The average molecular weight is 429 g/mol. The Morgan fingerprint density at radius 2 is 1.08 bits per heavy atom. The number of esters is 4. The first kappa shape index (κ1) is 21.4. The van der Waals surface area contributed by atoms with Crippen LogP contribution in [-0.4, -0.2) is 57.1 Å². The highest BCUT2D eigenvalue weighted by atomic mass is 79.9. The normalized spacial score (nSPS) is 9.69. The standard InChI is InChI=1S/C17H17BrO8/c1-23-14(19)12(15(20)24-2)10-4-6-11(7-5-10)13(16(21)25-3)17(22)26-9-8-18/h4-7H,8-9H2,1-3H3. The van der Waals surface area contributed by atoms with Crippen LogP contribution in [0.2, 0.25) is 0 Å². The van der Waals surface area contributed by atoms with Crippen LogP contribution in [0.5, 0.6) is 0 Å². The number of benzene rings is 1. The lowest BCUT2D eigenvalue weighted by atomic mass is 10.1. The molecule has 0 aliphatic rings. The molecule has 0 saturated heterocycles. The van der Waals surface area contributed by atoms with Gasteiger partial charge in [0, 0.05) is 5.33 Å². The summed E-state index contributed by atoms with van der Waals surface area (Å²) >= 11 is 3.11. The molecule has 26 heavy (non-hydrogen) atoms. The summed E-state index contributed by atoms with van der Waals surface area (Å²) in [6, 6.07) is 5.50. The fraction of sp³-hybridized carbons (Fsp3) is 0.294. The molecule has 0 saturated carbocycles. The third-order valence-electron chi connectivity index (χ3n) is 3.15. The molecule has 0 radical (unpaired) electrons. The van der Waals surface area contributed by atoms with Gasteiger partial charge < -0.3 is 18.9 Å². The van der Waals surface area contributed by atoms with Crippen molar-refractivity contribution in [3.05, 3.63) is 34.7 Å². The predicted molar refractivity (Wildman–Crippen MR) is 93.3 cm³/mol. The number of carbonyl (C=O) groups is 4. The summed E-state index contributed by atoms with van der Waals surface area (Å²) in [7, 11) is 3.39. The van der Waals surface area contributed by atoms with Crippen LogP contribution >= 0.6 is 15.9 Å². The van der Waals surface area contributed by atoms with Crippen molar-refractivity contribution < 1.29 is 38.1 Å². The second-order valence-corrected chi connectivity index (χ2v) is 5.42. The van der Waals surface area contributed by atoms with Crippen molar-refractivity contribution >= 4 is 51.0 Å². The lowest BCUT2D eigenvalue weighted by Gasteiger charge is -2.06. The number of hydrogen-bond donors (Lipinski definition) is 0. The number of ether oxygens (including phenoxy) is 4. The molecule has 140 valence electrons. The topological polar surface area (TPSA) is 105 Å². The average Bonchev–Trinajstić information content (AvgIpc) is 2.67. The summed E-state index contributed by atoms with van der Waals surface area (Å²) in [5, 5.41) is 0.808. The van der Waals surface area contributed by atoms with E-state index in [1.165, 1.54) is 24.3 Å². The molecule has 0 unspecified atom stereocenters. The molecule has 0 spiro atoms. The summed E-state index contributed by atoms with van der Waals surface area (Å²) < 4.78 is 18.7. The zero-order valence-electron chi connectivity index (χ0n) is 14.4. The van der Waals surface area contributed by atoms with Crippen LogP contribution in [0.25, 0.3) is 11.1 Å². The number of carbonyl (C=O) groups excluding carboxylic acids is 4. The zero-order valence-corrected chi connectivity index (χ0v) is 16.0. The van der Waals surface area contributed by atoms with Crippen LogP contribution < -0.4 is 10.4 Å². The van der Waals surface area contributed by atoms with Gasteiger partial charge in [0.25, 0.3) is 0 Å². The van der Waals surface area contributed by atoms with E-state index < -0.39 is 23.9 Å². The highest BCUT2D eigenvalue weighted by Gasteiger charge is 2.23. The smallest absolute Gasteiger partial charge is 0.346 e. The molecule has 0 aromatic heterocycles. The maximum Gasteiger partial charge on any atom is 0.346 e. The molecule has 1 aromatic carbocycles. The maximum atomic E-state index is 12.1. The van der Waals surface area contributed by atoms with Gasteiger partial charge in [-0.1, -0.05) is 40.2 Å². The van der Waals surface area contributed by atoms with E-state index in [0.717, 1.165) is 21.3 Å². The Bertz CT molecular complexity index is 786. The summed E-state index contributed by atoms with van der Waals surface area (Å²) in [6.07, 6.45) is 0. The first-order valence-corrected chi connectivity index (χ1v) is 8.36. The Balaban J connectivity index is 3.58. The summed E-state index contributed by atoms with van der Waals surface area (Å²) in [5.74, 6) is -3.48. The van der Waals surface area contributed by atoms with E-state index >= 15 is 0 Å². The molecule has 0 fully saturated rings. The van der Waals surface area contributed by atoms with Crippen molar-refractivity contribution in [1.82, 2.24) is 0 Å². The van der Waals surface area contributed by atoms with Crippen LogP contribution in [0.3, 0.4) is 0 Å². The Labute approximate surface area is 157 Å². The summed E-state index contributed by atoms with van der Waals surface area (Å²) in [4.78, 5) is 47.6. The van der Waals surface area contributed by atoms with E-state index in [1.54, 1.807) is 0 Å². The molecule has 8 nitrogen and oxygen atoms in total. The van der Waals surface area contributed by atoms with Gasteiger partial charge in [-0.05, 0) is 10.4 Å². The van der Waals surface area contributed by atoms with E-state index in [2.05, 4.69) is 30.1 Å². The van der Waals surface area contributed by atoms with Gasteiger partial charge in [-0.3, -0.25) is 0 Å². The van der Waals surface area contributed by atoms with Crippen molar-refractivity contribution in [2.45, 2.75) is 0 Å². The highest BCUT2D eigenvalue weighted by molar-refractivity contribution is 9.09. The number of hydrogen-bond acceptors (Lipinski definition) is 8. The first-order valence-electron chi connectivity index (χ1n) is 7.24. The van der Waals surface area contributed by atoms with Crippen LogP contribution in [0.4, 0.5) is 0 Å². The van der Waals surface area contributed by atoms with Crippen LogP contribution in [0.15, 0.2) is 24.3 Å². The molecular weight excluding hydrogens is 412 g/mol. The van der Waals surface area contributed by atoms with Crippen molar-refractivity contribution in [2.75, 3.05) is 33.3 Å². The van der Waals surface area contributed by atoms with E-state index in [-0.39, 0.29) is 28.2 Å². The van der Waals surface area contributed by atoms with Crippen LogP contribution in [-0.2, 0) is 38.1 Å². The summed E-state index contributed by atoms with van der Waals surface area (Å²) in [6.45, 7) is 0.0695. The van der Waals surface area contributed by atoms with E-state index in [0.29, 0.717) is 5.33 Å². The van der Waals surface area contributed by atoms with Gasteiger partial charge in [-0.15, -0.1) is 0 Å². The van der Waals surface area contributed by atoms with Gasteiger partial charge in [0.05, 0.1) is 21.3 Å². The molecule has 0 aliphatic carbocycles. The fourth-order valence-corrected chi connectivity index (χ4v) is 2.11. The number of halogens is 1. The molecule has 0 heterocycles. The van der Waals surface area contributed by atoms with E-state index in [4.69, 9.17) is 4.74 Å². The zero-order chi connectivity index (χ0) is 19.7. The Morgan fingerprint density at radius 1 is 0.731 bits per heavy atom. The Morgan fingerprint density at radius 3 is 1.38 bits per heavy atom. The quantitative estimate of drug-likeness (QED) is 0.257. The Kier molecular flexibility index (Phi) is 8.50. The SMILES string of the molecule is COC(=O)C(C(=O)OC)=c1ccc(=C(C(=O)OC)C(=O)OCCBr)cc1. The summed E-state index contributed by atoms with van der Waals surface area (Å²) in [5.41, 5.74) is -0.624. The molecule has 9 heteroatoms. The highest BCUT2D eigenvalue weighted by Crippen LogP contribution is 2.03. The van der Waals surface area contributed by atoms with Crippen LogP contribution in [0.1, 0.15) is 0 Å². The molecular formula is C17H17BrO8. The largest absolute Gasteiger partial charge is 0.465 e. The van der Waals surface area contributed by atoms with E-state index in [9.17, 15) is 19.2 Å². The fourth-order valence-electron chi connectivity index (χ4n) is 1.95. The minimum Gasteiger partial charge on any atom is -0.465 e. The van der Waals surface area contributed by atoms with Gasteiger partial charge in [0.15, 0.2) is 11.1 Å². The van der Waals surface area contributed by atoms with Gasteiger partial charge in [0.2, 0.25) is 0 Å². The molecule has 0 atom stereocenters.